The highest BCUT2D eigenvalue weighted by Crippen LogP contribution is 2.39. The van der Waals surface area contributed by atoms with Crippen LogP contribution in [0.5, 0.6) is 17.2 Å². The smallest absolute Gasteiger partial charge is 0.258 e. The molecule has 1 aromatic heterocycles. The summed E-state index contributed by atoms with van der Waals surface area (Å²) in [4.78, 5) is 19.2. The number of nitrogens with one attached hydrogen (secondary N) is 1. The Balaban J connectivity index is 1.46. The first-order valence-electron chi connectivity index (χ1n) is 13.9. The molecule has 1 fully saturated rings. The maximum absolute atomic E-state index is 12.6. The number of carbonyl (C=O) groups excluding carboxylic acids is 1. The number of nitrogens with zero attached hydrogens (tertiary/aromatic N) is 3. The largest absolute Gasteiger partial charge is 0.493 e. The molecule has 2 aromatic rings. The number of hydrogen-bond acceptors (Lipinski definition) is 7. The minimum atomic E-state index is -0.177. The molecule has 1 aliphatic heterocycles. The maximum atomic E-state index is 12.6. The highest BCUT2D eigenvalue weighted by molar-refractivity contribution is 5.91. The molecule has 8 nitrogen and oxygen atoms in total. The van der Waals surface area contributed by atoms with Gasteiger partial charge < -0.3 is 19.1 Å². The van der Waals surface area contributed by atoms with Gasteiger partial charge >= 0.3 is 0 Å². The molecule has 0 unspecified atom stereocenters. The molecule has 38 heavy (non-hydrogen) atoms. The fourth-order valence-electron chi connectivity index (χ4n) is 4.50. The first-order valence-corrected chi connectivity index (χ1v) is 13.9. The van der Waals surface area contributed by atoms with Crippen molar-refractivity contribution in [2.24, 2.45) is 0 Å². The molecule has 1 amide bonds. The second-order valence-corrected chi connectivity index (χ2v) is 9.55. The zero-order valence-electron chi connectivity index (χ0n) is 23.3. The third-order valence-electron chi connectivity index (χ3n) is 6.68. The van der Waals surface area contributed by atoms with E-state index >= 15 is 0 Å². The zero-order valence-corrected chi connectivity index (χ0v) is 23.3. The molecule has 0 atom stereocenters. The lowest BCUT2D eigenvalue weighted by Crippen LogP contribution is -2.53. The van der Waals surface area contributed by atoms with E-state index in [0.717, 1.165) is 50.4 Å². The van der Waals surface area contributed by atoms with Gasteiger partial charge in [-0.3, -0.25) is 10.2 Å². The van der Waals surface area contributed by atoms with Gasteiger partial charge in [0.2, 0.25) is 5.75 Å². The van der Waals surface area contributed by atoms with Crippen LogP contribution in [0.4, 0.5) is 5.82 Å². The predicted octanol–water partition coefficient (Wildman–Crippen LogP) is 5.48. The molecule has 1 aliphatic rings. The Morgan fingerprint density at radius 1 is 0.947 bits per heavy atom. The number of pyridine rings is 1. The number of unbranched alkanes of at least 4 members (excludes halogenated alkanes) is 7. The summed E-state index contributed by atoms with van der Waals surface area (Å²) in [6.45, 7) is 5.91. The van der Waals surface area contributed by atoms with Gasteiger partial charge in [-0.2, -0.15) is 0 Å². The van der Waals surface area contributed by atoms with Gasteiger partial charge in [-0.1, -0.05) is 57.9 Å². The lowest BCUT2D eigenvalue weighted by atomic mass is 10.1. The molecule has 208 valence electrons. The molecular weight excluding hydrogens is 480 g/mol. The van der Waals surface area contributed by atoms with E-state index in [-0.39, 0.29) is 5.91 Å². The fourth-order valence-corrected chi connectivity index (χ4v) is 4.50. The van der Waals surface area contributed by atoms with Crippen LogP contribution in [0.25, 0.3) is 6.08 Å². The SMILES string of the molecule is CCCCCCCCCCOc1c(OC)cc(/C=C/C(=O)NN2CCN(c3ccccn3)CC2)cc1OC. The Bertz CT molecular complexity index is 966. The molecule has 1 N–H and O–H groups in total. The number of hydrogen-bond donors (Lipinski definition) is 1. The lowest BCUT2D eigenvalue weighted by molar-refractivity contribution is -0.121. The molecule has 3 rings (SSSR count). The van der Waals surface area contributed by atoms with Gasteiger partial charge in [0.15, 0.2) is 11.5 Å². The molecular formula is C30H44N4O4. The number of piperazine rings is 1. The number of carbonyl (C=O) groups is 1. The van der Waals surface area contributed by atoms with Gasteiger partial charge in [-0.15, -0.1) is 0 Å². The van der Waals surface area contributed by atoms with Crippen molar-refractivity contribution in [1.82, 2.24) is 15.4 Å². The Morgan fingerprint density at radius 2 is 1.61 bits per heavy atom. The molecule has 2 heterocycles. The number of aromatic nitrogens is 1. The van der Waals surface area contributed by atoms with E-state index in [1.807, 2.05) is 35.3 Å². The summed E-state index contributed by atoms with van der Waals surface area (Å²) >= 11 is 0. The summed E-state index contributed by atoms with van der Waals surface area (Å²) in [5, 5.41) is 1.94. The first kappa shape index (κ1) is 29.3. The summed E-state index contributed by atoms with van der Waals surface area (Å²) in [5.41, 5.74) is 3.76. The van der Waals surface area contributed by atoms with E-state index < -0.39 is 0 Å². The monoisotopic (exact) mass is 524 g/mol. The van der Waals surface area contributed by atoms with Crippen LogP contribution in [-0.4, -0.2) is 62.9 Å². The highest BCUT2D eigenvalue weighted by Gasteiger charge is 2.19. The third kappa shape index (κ3) is 9.56. The van der Waals surface area contributed by atoms with Crippen LogP contribution in [-0.2, 0) is 4.79 Å². The molecule has 0 saturated carbocycles. The Hall–Kier alpha value is -3.26. The average molecular weight is 525 g/mol. The molecule has 0 aliphatic carbocycles. The van der Waals surface area contributed by atoms with Gasteiger partial charge in [0.1, 0.15) is 5.82 Å². The van der Waals surface area contributed by atoms with E-state index in [9.17, 15) is 4.79 Å². The number of anilines is 1. The Labute approximate surface area is 227 Å². The van der Waals surface area contributed by atoms with Crippen molar-refractivity contribution in [1.29, 1.82) is 0 Å². The van der Waals surface area contributed by atoms with Crippen LogP contribution in [0.3, 0.4) is 0 Å². The van der Waals surface area contributed by atoms with E-state index in [1.54, 1.807) is 26.5 Å². The highest BCUT2D eigenvalue weighted by atomic mass is 16.5. The summed E-state index contributed by atoms with van der Waals surface area (Å²) in [6, 6.07) is 9.63. The minimum absolute atomic E-state index is 0.177. The second-order valence-electron chi connectivity index (χ2n) is 9.55. The van der Waals surface area contributed by atoms with Crippen molar-refractivity contribution in [3.05, 3.63) is 48.2 Å². The first-order chi connectivity index (χ1) is 18.6. The Morgan fingerprint density at radius 3 is 2.21 bits per heavy atom. The summed E-state index contributed by atoms with van der Waals surface area (Å²) in [6.07, 6.45) is 15.1. The van der Waals surface area contributed by atoms with Crippen molar-refractivity contribution in [2.45, 2.75) is 58.3 Å². The number of benzene rings is 1. The fraction of sp³-hybridized carbons (Fsp3) is 0.533. The van der Waals surface area contributed by atoms with Crippen molar-refractivity contribution >= 4 is 17.8 Å². The maximum Gasteiger partial charge on any atom is 0.258 e. The molecule has 0 radical (unpaired) electrons. The van der Waals surface area contributed by atoms with Gasteiger partial charge in [0.05, 0.1) is 20.8 Å². The number of rotatable bonds is 16. The molecule has 1 saturated heterocycles. The standard InChI is InChI=1S/C30H44N4O4/c1-4-5-6-7-8-9-10-13-22-38-30-26(36-2)23-25(24-27(30)37-3)15-16-29(35)32-34-20-18-33(19-21-34)28-14-11-12-17-31-28/h11-12,14-17,23-24H,4-10,13,18-22H2,1-3H3,(H,32,35)/b16-15+. The molecule has 0 bridgehead atoms. The van der Waals surface area contributed by atoms with Crippen LogP contribution in [0.2, 0.25) is 0 Å². The van der Waals surface area contributed by atoms with E-state index in [2.05, 4.69) is 22.2 Å². The van der Waals surface area contributed by atoms with Gasteiger partial charge in [-0.25, -0.2) is 9.99 Å². The summed E-state index contributed by atoms with van der Waals surface area (Å²) < 4.78 is 17.2. The van der Waals surface area contributed by atoms with Gasteiger partial charge in [0, 0.05) is 38.5 Å². The van der Waals surface area contributed by atoms with Crippen LogP contribution < -0.4 is 24.5 Å². The summed E-state index contributed by atoms with van der Waals surface area (Å²) in [7, 11) is 3.23. The van der Waals surface area contributed by atoms with Crippen molar-refractivity contribution in [3.8, 4) is 17.2 Å². The predicted molar refractivity (Wildman–Crippen MR) is 153 cm³/mol. The van der Waals surface area contributed by atoms with Crippen LogP contribution in [0.15, 0.2) is 42.6 Å². The molecule has 0 spiro atoms. The number of ether oxygens (including phenoxy) is 3. The van der Waals surface area contributed by atoms with Gasteiger partial charge in [-0.05, 0) is 42.3 Å². The van der Waals surface area contributed by atoms with Crippen molar-refractivity contribution in [2.75, 3.05) is 51.9 Å². The minimum Gasteiger partial charge on any atom is -0.493 e. The normalized spacial score (nSPS) is 14.0. The molecule has 8 heteroatoms. The van der Waals surface area contributed by atoms with E-state index in [0.29, 0.717) is 23.9 Å². The second kappa shape index (κ2) is 16.6. The van der Waals surface area contributed by atoms with E-state index in [4.69, 9.17) is 14.2 Å². The zero-order chi connectivity index (χ0) is 27.0. The summed E-state index contributed by atoms with van der Waals surface area (Å²) in [5.74, 6) is 2.57. The number of hydrazine groups is 1. The van der Waals surface area contributed by atoms with Gasteiger partial charge in [0.25, 0.3) is 5.91 Å². The number of amides is 1. The van der Waals surface area contributed by atoms with Crippen molar-refractivity contribution < 1.29 is 19.0 Å². The van der Waals surface area contributed by atoms with Crippen LogP contribution in [0.1, 0.15) is 63.9 Å². The topological polar surface area (TPSA) is 76.2 Å². The lowest BCUT2D eigenvalue weighted by Gasteiger charge is -2.35. The third-order valence-corrected chi connectivity index (χ3v) is 6.68. The quantitative estimate of drug-likeness (QED) is 0.230. The van der Waals surface area contributed by atoms with E-state index in [1.165, 1.54) is 44.6 Å². The van der Waals surface area contributed by atoms with Crippen molar-refractivity contribution in [3.63, 3.8) is 0 Å². The van der Waals surface area contributed by atoms with Crippen LogP contribution in [0, 0.1) is 0 Å². The number of methoxy groups -OCH3 is 2. The molecule has 1 aromatic carbocycles. The van der Waals surface area contributed by atoms with Crippen LogP contribution >= 0.6 is 0 Å². The average Bonchev–Trinajstić information content (AvgIpc) is 2.96. The Kier molecular flexibility index (Phi) is 12.8.